The summed E-state index contributed by atoms with van der Waals surface area (Å²) in [5, 5.41) is 3.98. The molecule has 6 heteroatoms. The van der Waals surface area contributed by atoms with E-state index in [1.165, 1.54) is 0 Å². The van der Waals surface area contributed by atoms with E-state index in [1.54, 1.807) is 25.3 Å². The molecule has 2 heterocycles. The Morgan fingerprint density at radius 1 is 1.05 bits per heavy atom. The van der Waals surface area contributed by atoms with Gasteiger partial charge < -0.3 is 15.0 Å². The number of nitrogens with zero attached hydrogens (tertiary/aromatic N) is 3. The van der Waals surface area contributed by atoms with Gasteiger partial charge in [-0.2, -0.15) is 4.98 Å². The van der Waals surface area contributed by atoms with E-state index in [4.69, 9.17) is 15.0 Å². The first-order chi connectivity index (χ1) is 10.3. The van der Waals surface area contributed by atoms with Crippen molar-refractivity contribution in [1.82, 2.24) is 15.1 Å². The molecule has 1 aromatic carbocycles. The summed E-state index contributed by atoms with van der Waals surface area (Å²) in [5.74, 6) is 1.16. The van der Waals surface area contributed by atoms with E-state index in [0.29, 0.717) is 23.2 Å². The zero-order chi connectivity index (χ0) is 14.7. The summed E-state index contributed by atoms with van der Waals surface area (Å²) in [7, 11) is 1.60. The standard InChI is InChI=1S/C15H14N4O2/c1-20-13(10-6-3-2-4-7-10)14-18-15(21-19-14)11-8-5-9-12(16)17-11/h2-9,13H,1H3,(H2,16,17). The van der Waals surface area contributed by atoms with Gasteiger partial charge in [0, 0.05) is 7.11 Å². The summed E-state index contributed by atoms with van der Waals surface area (Å²) >= 11 is 0. The van der Waals surface area contributed by atoms with Gasteiger partial charge in [-0.15, -0.1) is 0 Å². The SMILES string of the molecule is COC(c1ccccc1)c1noc(-c2cccc(N)n2)n1. The van der Waals surface area contributed by atoms with Crippen LogP contribution in [0, 0.1) is 0 Å². The number of pyridine rings is 1. The van der Waals surface area contributed by atoms with E-state index in [0.717, 1.165) is 5.56 Å². The molecule has 0 bridgehead atoms. The van der Waals surface area contributed by atoms with E-state index in [-0.39, 0.29) is 6.10 Å². The average molecular weight is 282 g/mol. The molecule has 0 spiro atoms. The zero-order valence-electron chi connectivity index (χ0n) is 11.4. The number of hydrogen-bond donors (Lipinski definition) is 1. The lowest BCUT2D eigenvalue weighted by atomic mass is 10.1. The normalized spacial score (nSPS) is 12.2. The zero-order valence-corrected chi connectivity index (χ0v) is 11.4. The van der Waals surface area contributed by atoms with Gasteiger partial charge in [-0.3, -0.25) is 0 Å². The van der Waals surface area contributed by atoms with Gasteiger partial charge in [-0.1, -0.05) is 41.6 Å². The second-order valence-electron chi connectivity index (χ2n) is 4.43. The van der Waals surface area contributed by atoms with Crippen molar-refractivity contribution < 1.29 is 9.26 Å². The number of nitrogen functional groups attached to an aromatic ring is 1. The Kier molecular flexibility index (Phi) is 3.61. The number of nitrogens with two attached hydrogens (primary N) is 1. The number of benzene rings is 1. The molecule has 0 aliphatic rings. The lowest BCUT2D eigenvalue weighted by molar-refractivity contribution is 0.126. The summed E-state index contributed by atoms with van der Waals surface area (Å²) in [4.78, 5) is 8.50. The van der Waals surface area contributed by atoms with Crippen molar-refractivity contribution >= 4 is 5.82 Å². The molecule has 2 aromatic heterocycles. The molecule has 1 unspecified atom stereocenters. The molecular weight excluding hydrogens is 268 g/mol. The summed E-state index contributed by atoms with van der Waals surface area (Å²) < 4.78 is 10.7. The third kappa shape index (κ3) is 2.75. The topological polar surface area (TPSA) is 87.1 Å². The van der Waals surface area contributed by atoms with Crippen molar-refractivity contribution in [2.75, 3.05) is 12.8 Å². The first-order valence-electron chi connectivity index (χ1n) is 6.42. The fourth-order valence-corrected chi connectivity index (χ4v) is 2.03. The van der Waals surface area contributed by atoms with Crippen LogP contribution in [-0.4, -0.2) is 22.2 Å². The molecule has 0 aliphatic heterocycles. The summed E-state index contributed by atoms with van der Waals surface area (Å²) in [6.45, 7) is 0. The minimum Gasteiger partial charge on any atom is -0.384 e. The van der Waals surface area contributed by atoms with Crippen LogP contribution in [0.25, 0.3) is 11.6 Å². The van der Waals surface area contributed by atoms with Crippen LogP contribution in [0.4, 0.5) is 5.82 Å². The van der Waals surface area contributed by atoms with Crippen LogP contribution in [0.5, 0.6) is 0 Å². The van der Waals surface area contributed by atoms with Gasteiger partial charge in [0.25, 0.3) is 5.89 Å². The van der Waals surface area contributed by atoms with Crippen LogP contribution in [0.2, 0.25) is 0 Å². The van der Waals surface area contributed by atoms with Gasteiger partial charge in [0.15, 0.2) is 0 Å². The molecule has 0 aliphatic carbocycles. The molecule has 3 rings (SSSR count). The maximum atomic E-state index is 5.65. The minimum absolute atomic E-state index is 0.315. The van der Waals surface area contributed by atoms with Crippen LogP contribution < -0.4 is 5.73 Å². The highest BCUT2D eigenvalue weighted by Gasteiger charge is 2.20. The van der Waals surface area contributed by atoms with E-state index in [1.807, 2.05) is 30.3 Å². The van der Waals surface area contributed by atoms with Gasteiger partial charge in [0.2, 0.25) is 5.82 Å². The van der Waals surface area contributed by atoms with E-state index in [9.17, 15) is 0 Å². The number of anilines is 1. The van der Waals surface area contributed by atoms with Crippen LogP contribution in [-0.2, 0) is 4.74 Å². The number of methoxy groups -OCH3 is 1. The highest BCUT2D eigenvalue weighted by atomic mass is 16.5. The molecule has 0 amide bonds. The van der Waals surface area contributed by atoms with E-state index < -0.39 is 0 Å². The van der Waals surface area contributed by atoms with Gasteiger partial charge in [-0.05, 0) is 17.7 Å². The first kappa shape index (κ1) is 13.3. The maximum Gasteiger partial charge on any atom is 0.276 e. The smallest absolute Gasteiger partial charge is 0.276 e. The fraction of sp³-hybridized carbons (Fsp3) is 0.133. The van der Waals surface area contributed by atoms with Crippen molar-refractivity contribution in [3.63, 3.8) is 0 Å². The maximum absolute atomic E-state index is 5.65. The Morgan fingerprint density at radius 2 is 1.86 bits per heavy atom. The monoisotopic (exact) mass is 282 g/mol. The lowest BCUT2D eigenvalue weighted by Crippen LogP contribution is -2.05. The molecular formula is C15H14N4O2. The highest BCUT2D eigenvalue weighted by Crippen LogP contribution is 2.25. The number of rotatable bonds is 4. The summed E-state index contributed by atoms with van der Waals surface area (Å²) in [6, 6.07) is 14.9. The molecule has 6 nitrogen and oxygen atoms in total. The van der Waals surface area contributed by atoms with Gasteiger partial charge in [-0.25, -0.2) is 4.98 Å². The molecule has 0 fully saturated rings. The summed E-state index contributed by atoms with van der Waals surface area (Å²) in [5.41, 5.74) is 7.14. The van der Waals surface area contributed by atoms with Crippen molar-refractivity contribution in [2.45, 2.75) is 6.10 Å². The second-order valence-corrected chi connectivity index (χ2v) is 4.43. The number of aromatic nitrogens is 3. The molecule has 0 saturated carbocycles. The van der Waals surface area contributed by atoms with Crippen molar-refractivity contribution in [3.05, 3.63) is 59.9 Å². The third-order valence-electron chi connectivity index (χ3n) is 3.00. The Bertz CT molecular complexity index is 727. The van der Waals surface area contributed by atoms with Crippen LogP contribution >= 0.6 is 0 Å². The molecule has 1 atom stereocenters. The van der Waals surface area contributed by atoms with Crippen molar-refractivity contribution in [2.24, 2.45) is 0 Å². The Hall–Kier alpha value is -2.73. The summed E-state index contributed by atoms with van der Waals surface area (Å²) in [6.07, 6.45) is -0.384. The first-order valence-corrected chi connectivity index (χ1v) is 6.42. The molecule has 106 valence electrons. The van der Waals surface area contributed by atoms with E-state index in [2.05, 4.69) is 15.1 Å². The van der Waals surface area contributed by atoms with Crippen LogP contribution in [0.15, 0.2) is 53.1 Å². The van der Waals surface area contributed by atoms with E-state index >= 15 is 0 Å². The molecule has 0 radical (unpaired) electrons. The van der Waals surface area contributed by atoms with Crippen LogP contribution in [0.3, 0.4) is 0 Å². The van der Waals surface area contributed by atoms with Crippen molar-refractivity contribution in [1.29, 1.82) is 0 Å². The lowest BCUT2D eigenvalue weighted by Gasteiger charge is -2.10. The Morgan fingerprint density at radius 3 is 2.57 bits per heavy atom. The average Bonchev–Trinajstić information content (AvgIpc) is 2.99. The predicted octanol–water partition coefficient (Wildman–Crippen LogP) is 2.45. The number of ether oxygens (including phenoxy) is 1. The Balaban J connectivity index is 1.94. The third-order valence-corrected chi connectivity index (χ3v) is 3.00. The number of hydrogen-bond acceptors (Lipinski definition) is 6. The quantitative estimate of drug-likeness (QED) is 0.790. The fourth-order valence-electron chi connectivity index (χ4n) is 2.03. The second kappa shape index (κ2) is 5.72. The molecule has 2 N–H and O–H groups in total. The van der Waals surface area contributed by atoms with Crippen molar-refractivity contribution in [3.8, 4) is 11.6 Å². The predicted molar refractivity (Wildman–Crippen MR) is 77.2 cm³/mol. The highest BCUT2D eigenvalue weighted by molar-refractivity contribution is 5.50. The minimum atomic E-state index is -0.384. The molecule has 0 saturated heterocycles. The molecule has 3 aromatic rings. The Labute approximate surface area is 121 Å². The van der Waals surface area contributed by atoms with Gasteiger partial charge in [0.05, 0.1) is 0 Å². The molecule has 21 heavy (non-hydrogen) atoms. The van der Waals surface area contributed by atoms with Gasteiger partial charge >= 0.3 is 0 Å². The largest absolute Gasteiger partial charge is 0.384 e. The van der Waals surface area contributed by atoms with Gasteiger partial charge in [0.1, 0.15) is 17.6 Å². The van der Waals surface area contributed by atoms with Crippen LogP contribution in [0.1, 0.15) is 17.5 Å².